The van der Waals surface area contributed by atoms with Crippen molar-refractivity contribution >= 4 is 0 Å². The standard InChI is InChI=1S/C16H28N2O2/c1-14-7-4-5-8-15(14)16(13-17)18(10-12-20-3)9-6-11-19-2/h4-5,7-8,16H,6,9-13,17H2,1-3H3. The van der Waals surface area contributed by atoms with E-state index in [2.05, 4.69) is 36.1 Å². The molecule has 0 saturated heterocycles. The third-order valence-electron chi connectivity index (χ3n) is 3.59. The zero-order chi connectivity index (χ0) is 14.8. The Balaban J connectivity index is 2.80. The highest BCUT2D eigenvalue weighted by atomic mass is 16.5. The summed E-state index contributed by atoms with van der Waals surface area (Å²) >= 11 is 0. The van der Waals surface area contributed by atoms with Crippen LogP contribution in [0.1, 0.15) is 23.6 Å². The highest BCUT2D eigenvalue weighted by Crippen LogP contribution is 2.23. The first-order valence-corrected chi connectivity index (χ1v) is 7.22. The Morgan fingerprint density at radius 2 is 1.80 bits per heavy atom. The third kappa shape index (κ3) is 5.21. The minimum atomic E-state index is 0.239. The Morgan fingerprint density at radius 3 is 2.40 bits per heavy atom. The molecule has 2 N–H and O–H groups in total. The second kappa shape index (κ2) is 9.88. The zero-order valence-electron chi connectivity index (χ0n) is 13.0. The minimum absolute atomic E-state index is 0.239. The maximum Gasteiger partial charge on any atom is 0.0589 e. The number of nitrogens with zero attached hydrogens (tertiary/aromatic N) is 1. The van der Waals surface area contributed by atoms with Crippen LogP contribution in [0.3, 0.4) is 0 Å². The molecule has 1 rings (SSSR count). The van der Waals surface area contributed by atoms with E-state index >= 15 is 0 Å². The predicted octanol–water partition coefficient (Wildman–Crippen LogP) is 1.98. The van der Waals surface area contributed by atoms with E-state index in [4.69, 9.17) is 15.2 Å². The minimum Gasteiger partial charge on any atom is -0.385 e. The molecule has 114 valence electrons. The van der Waals surface area contributed by atoms with Crippen LogP contribution in [0, 0.1) is 6.92 Å². The second-order valence-corrected chi connectivity index (χ2v) is 4.98. The van der Waals surface area contributed by atoms with E-state index < -0.39 is 0 Å². The van der Waals surface area contributed by atoms with Crippen molar-refractivity contribution in [1.29, 1.82) is 0 Å². The smallest absolute Gasteiger partial charge is 0.0589 e. The van der Waals surface area contributed by atoms with Gasteiger partial charge in [-0.1, -0.05) is 24.3 Å². The summed E-state index contributed by atoms with van der Waals surface area (Å²) in [6, 6.07) is 8.69. The second-order valence-electron chi connectivity index (χ2n) is 4.98. The molecule has 0 radical (unpaired) electrons. The molecule has 0 aliphatic rings. The highest BCUT2D eigenvalue weighted by Gasteiger charge is 2.19. The topological polar surface area (TPSA) is 47.7 Å². The summed E-state index contributed by atoms with van der Waals surface area (Å²) in [5, 5.41) is 0. The van der Waals surface area contributed by atoms with Crippen LogP contribution >= 0.6 is 0 Å². The molecule has 0 bridgehead atoms. The van der Waals surface area contributed by atoms with Gasteiger partial charge in [0.1, 0.15) is 0 Å². The molecule has 0 aliphatic heterocycles. The first-order valence-electron chi connectivity index (χ1n) is 7.22. The van der Waals surface area contributed by atoms with Gasteiger partial charge in [0.05, 0.1) is 6.61 Å². The molecule has 0 heterocycles. The van der Waals surface area contributed by atoms with Crippen molar-refractivity contribution < 1.29 is 9.47 Å². The number of aryl methyl sites for hydroxylation is 1. The van der Waals surface area contributed by atoms with Crippen LogP contribution in [0.5, 0.6) is 0 Å². The predicted molar refractivity (Wildman–Crippen MR) is 82.9 cm³/mol. The van der Waals surface area contributed by atoms with Crippen molar-refractivity contribution in [3.05, 3.63) is 35.4 Å². The van der Waals surface area contributed by atoms with Crippen LogP contribution in [-0.2, 0) is 9.47 Å². The van der Waals surface area contributed by atoms with E-state index in [-0.39, 0.29) is 6.04 Å². The van der Waals surface area contributed by atoms with Crippen LogP contribution < -0.4 is 5.73 Å². The summed E-state index contributed by atoms with van der Waals surface area (Å²) < 4.78 is 10.4. The Labute approximate surface area is 122 Å². The molecule has 20 heavy (non-hydrogen) atoms. The molecule has 1 atom stereocenters. The Morgan fingerprint density at radius 1 is 1.10 bits per heavy atom. The van der Waals surface area contributed by atoms with E-state index in [1.807, 2.05) is 0 Å². The summed E-state index contributed by atoms with van der Waals surface area (Å²) in [4.78, 5) is 2.39. The fraction of sp³-hybridized carbons (Fsp3) is 0.625. The molecule has 0 spiro atoms. The van der Waals surface area contributed by atoms with Crippen molar-refractivity contribution in [2.75, 3.05) is 47.1 Å². The fourth-order valence-corrected chi connectivity index (χ4v) is 2.48. The zero-order valence-corrected chi connectivity index (χ0v) is 13.0. The van der Waals surface area contributed by atoms with Gasteiger partial charge >= 0.3 is 0 Å². The monoisotopic (exact) mass is 280 g/mol. The number of ether oxygens (including phenoxy) is 2. The average Bonchev–Trinajstić information content (AvgIpc) is 2.46. The maximum absolute atomic E-state index is 6.04. The Kier molecular flexibility index (Phi) is 8.46. The van der Waals surface area contributed by atoms with E-state index in [0.717, 1.165) is 32.7 Å². The van der Waals surface area contributed by atoms with Gasteiger partial charge in [-0.05, 0) is 24.5 Å². The third-order valence-corrected chi connectivity index (χ3v) is 3.59. The van der Waals surface area contributed by atoms with Crippen molar-refractivity contribution in [2.45, 2.75) is 19.4 Å². The van der Waals surface area contributed by atoms with Gasteiger partial charge in [0.2, 0.25) is 0 Å². The molecule has 4 nitrogen and oxygen atoms in total. The van der Waals surface area contributed by atoms with Gasteiger partial charge in [-0.25, -0.2) is 0 Å². The van der Waals surface area contributed by atoms with E-state index in [9.17, 15) is 0 Å². The molecule has 1 unspecified atom stereocenters. The van der Waals surface area contributed by atoms with Gasteiger partial charge in [0.15, 0.2) is 0 Å². The maximum atomic E-state index is 6.04. The number of hydrogen-bond acceptors (Lipinski definition) is 4. The summed E-state index contributed by atoms with van der Waals surface area (Å²) in [5.41, 5.74) is 8.63. The lowest BCUT2D eigenvalue weighted by Crippen LogP contribution is -2.37. The first-order chi connectivity index (χ1) is 9.74. The molecular formula is C16H28N2O2. The summed E-state index contributed by atoms with van der Waals surface area (Å²) in [6.45, 7) is 6.09. The normalized spacial score (nSPS) is 12.8. The van der Waals surface area contributed by atoms with Gasteiger partial charge in [-0.15, -0.1) is 0 Å². The van der Waals surface area contributed by atoms with Gasteiger partial charge in [0.25, 0.3) is 0 Å². The van der Waals surface area contributed by atoms with Crippen LogP contribution in [0.15, 0.2) is 24.3 Å². The first kappa shape index (κ1) is 17.1. The highest BCUT2D eigenvalue weighted by molar-refractivity contribution is 5.29. The fourth-order valence-electron chi connectivity index (χ4n) is 2.48. The summed E-state index contributed by atoms with van der Waals surface area (Å²) in [5.74, 6) is 0. The molecule has 1 aromatic rings. The lowest BCUT2D eigenvalue weighted by molar-refractivity contribution is 0.108. The molecule has 0 aliphatic carbocycles. The van der Waals surface area contributed by atoms with E-state index in [0.29, 0.717) is 6.54 Å². The number of rotatable bonds is 10. The molecule has 0 aromatic heterocycles. The van der Waals surface area contributed by atoms with E-state index in [1.54, 1.807) is 14.2 Å². The number of hydrogen-bond donors (Lipinski definition) is 1. The van der Waals surface area contributed by atoms with Gasteiger partial charge in [-0.2, -0.15) is 0 Å². The molecule has 0 amide bonds. The van der Waals surface area contributed by atoms with Gasteiger partial charge < -0.3 is 15.2 Å². The SMILES string of the molecule is COCCCN(CCOC)C(CN)c1ccccc1C. The Bertz CT molecular complexity index is 371. The number of nitrogens with two attached hydrogens (primary N) is 1. The van der Waals surface area contributed by atoms with Crippen molar-refractivity contribution in [2.24, 2.45) is 5.73 Å². The van der Waals surface area contributed by atoms with Gasteiger partial charge in [-0.3, -0.25) is 4.90 Å². The van der Waals surface area contributed by atoms with E-state index in [1.165, 1.54) is 11.1 Å². The van der Waals surface area contributed by atoms with Crippen molar-refractivity contribution in [3.63, 3.8) is 0 Å². The van der Waals surface area contributed by atoms with Crippen LogP contribution in [0.4, 0.5) is 0 Å². The number of methoxy groups -OCH3 is 2. The average molecular weight is 280 g/mol. The number of benzene rings is 1. The van der Waals surface area contributed by atoms with Crippen LogP contribution in [-0.4, -0.2) is 52.0 Å². The van der Waals surface area contributed by atoms with Crippen LogP contribution in [0.25, 0.3) is 0 Å². The molecular weight excluding hydrogens is 252 g/mol. The van der Waals surface area contributed by atoms with Crippen LogP contribution in [0.2, 0.25) is 0 Å². The quantitative estimate of drug-likeness (QED) is 0.666. The van der Waals surface area contributed by atoms with Crippen molar-refractivity contribution in [1.82, 2.24) is 4.90 Å². The Hall–Kier alpha value is -0.940. The molecule has 4 heteroatoms. The molecule has 0 fully saturated rings. The largest absolute Gasteiger partial charge is 0.385 e. The summed E-state index contributed by atoms with van der Waals surface area (Å²) in [7, 11) is 3.47. The molecule has 0 saturated carbocycles. The molecule has 1 aromatic carbocycles. The summed E-state index contributed by atoms with van der Waals surface area (Å²) in [6.07, 6.45) is 1.00. The lowest BCUT2D eigenvalue weighted by atomic mass is 9.99. The van der Waals surface area contributed by atoms with Gasteiger partial charge in [0, 0.05) is 46.5 Å². The lowest BCUT2D eigenvalue weighted by Gasteiger charge is -2.32. The van der Waals surface area contributed by atoms with Crippen molar-refractivity contribution in [3.8, 4) is 0 Å².